The molecule has 1 unspecified atom stereocenters. The normalized spacial score (nSPS) is 12.4. The Morgan fingerprint density at radius 3 is 0.722 bits per heavy atom. The molecule has 0 saturated heterocycles. The third-order valence-electron chi connectivity index (χ3n) is 15.5. The molecule has 0 aliphatic carbocycles. The van der Waals surface area contributed by atoms with Crippen LogP contribution >= 0.6 is 0 Å². The fraction of sp³-hybridized carbons (Fsp3) is 0.822. The molecule has 0 aliphatic heterocycles. The number of hydrogen-bond acceptors (Lipinski definition) is 6. The molecule has 79 heavy (non-hydrogen) atoms. The lowest BCUT2D eigenvalue weighted by atomic mass is 10.0. The molecule has 6 heteroatoms. The Bertz CT molecular complexity index is 1410. The second-order valence-corrected chi connectivity index (χ2v) is 23.4. The van der Waals surface area contributed by atoms with Crippen LogP contribution in [0.5, 0.6) is 0 Å². The third-order valence-corrected chi connectivity index (χ3v) is 15.5. The number of carbonyl (C=O) groups excluding carboxylic acids is 3. The molecule has 1 atom stereocenters. The third kappa shape index (κ3) is 65.8. The molecule has 0 radical (unpaired) electrons. The van der Waals surface area contributed by atoms with Crippen molar-refractivity contribution >= 4 is 17.9 Å². The minimum absolute atomic E-state index is 0.0788. The van der Waals surface area contributed by atoms with Crippen LogP contribution in [0.15, 0.2) is 60.8 Å². The van der Waals surface area contributed by atoms with E-state index in [0.29, 0.717) is 19.3 Å². The Morgan fingerprint density at radius 1 is 0.253 bits per heavy atom. The van der Waals surface area contributed by atoms with Crippen molar-refractivity contribution in [1.82, 2.24) is 0 Å². The van der Waals surface area contributed by atoms with Crippen molar-refractivity contribution in [3.8, 4) is 0 Å². The van der Waals surface area contributed by atoms with Crippen LogP contribution in [-0.4, -0.2) is 37.2 Å². The summed E-state index contributed by atoms with van der Waals surface area (Å²) < 4.78 is 17.0. The second kappa shape index (κ2) is 67.6. The van der Waals surface area contributed by atoms with Gasteiger partial charge >= 0.3 is 17.9 Å². The average Bonchev–Trinajstić information content (AvgIpc) is 3.45. The predicted molar refractivity (Wildman–Crippen MR) is 344 cm³/mol. The summed E-state index contributed by atoms with van der Waals surface area (Å²) in [5, 5.41) is 0. The first-order valence-corrected chi connectivity index (χ1v) is 34.8. The average molecular weight is 1110 g/mol. The number of hydrogen-bond donors (Lipinski definition) is 0. The lowest BCUT2D eigenvalue weighted by Crippen LogP contribution is -2.30. The van der Waals surface area contributed by atoms with E-state index in [1.165, 1.54) is 244 Å². The van der Waals surface area contributed by atoms with Gasteiger partial charge in [-0.05, 0) is 109 Å². The van der Waals surface area contributed by atoms with Crippen molar-refractivity contribution in [2.45, 2.75) is 374 Å². The summed E-state index contributed by atoms with van der Waals surface area (Å²) in [7, 11) is 0. The van der Waals surface area contributed by atoms with E-state index in [4.69, 9.17) is 14.2 Å². The molecule has 0 fully saturated rings. The number of carbonyl (C=O) groups is 3. The van der Waals surface area contributed by atoms with Gasteiger partial charge in [0, 0.05) is 19.3 Å². The van der Waals surface area contributed by atoms with Crippen molar-refractivity contribution in [2.75, 3.05) is 13.2 Å². The molecule has 0 heterocycles. The van der Waals surface area contributed by atoms with E-state index < -0.39 is 6.10 Å². The summed E-state index contributed by atoms with van der Waals surface area (Å²) in [6.45, 7) is 6.66. The first-order valence-electron chi connectivity index (χ1n) is 34.8. The highest BCUT2D eigenvalue weighted by Crippen LogP contribution is 2.17. The molecule has 0 N–H and O–H groups in total. The minimum Gasteiger partial charge on any atom is -0.462 e. The van der Waals surface area contributed by atoms with Gasteiger partial charge in [-0.3, -0.25) is 14.4 Å². The Hall–Kier alpha value is -2.89. The Labute approximate surface area is 491 Å². The van der Waals surface area contributed by atoms with Crippen LogP contribution in [0.25, 0.3) is 0 Å². The van der Waals surface area contributed by atoms with Gasteiger partial charge in [0.1, 0.15) is 13.2 Å². The zero-order valence-corrected chi connectivity index (χ0v) is 52.9. The zero-order valence-electron chi connectivity index (χ0n) is 52.9. The van der Waals surface area contributed by atoms with Crippen molar-refractivity contribution in [2.24, 2.45) is 0 Å². The van der Waals surface area contributed by atoms with Gasteiger partial charge in [-0.2, -0.15) is 0 Å². The first-order chi connectivity index (χ1) is 39.0. The highest BCUT2D eigenvalue weighted by atomic mass is 16.6. The monoisotopic (exact) mass is 1110 g/mol. The summed E-state index contributed by atoms with van der Waals surface area (Å²) >= 11 is 0. The molecule has 0 aromatic carbocycles. The highest BCUT2D eigenvalue weighted by molar-refractivity contribution is 5.71. The maximum atomic E-state index is 13.0. The lowest BCUT2D eigenvalue weighted by Gasteiger charge is -2.18. The minimum atomic E-state index is -0.783. The van der Waals surface area contributed by atoms with Gasteiger partial charge in [-0.25, -0.2) is 0 Å². The highest BCUT2D eigenvalue weighted by Gasteiger charge is 2.19. The standard InChI is InChI=1S/C73H132O6/c1-4-7-10-13-16-19-22-25-28-30-32-34-36-38-40-42-45-48-51-54-57-60-63-66-72(75)78-69-70(68-77-71(74)65-62-59-56-53-50-47-44-27-24-21-18-15-12-9-6-3)79-73(76)67-64-61-58-55-52-49-46-43-41-39-37-35-33-31-29-26-23-20-17-14-11-8-5-2/h22,25,27,30-33,36,38,44,70H,4-21,23-24,26,28-29,34-35,37,39-43,45-69H2,1-3H3/b25-22-,32-30-,33-31-,38-36-,44-27-. The van der Waals surface area contributed by atoms with Gasteiger partial charge in [-0.1, -0.05) is 300 Å². The summed E-state index contributed by atoms with van der Waals surface area (Å²) in [6, 6.07) is 0. The van der Waals surface area contributed by atoms with Crippen LogP contribution in [0.4, 0.5) is 0 Å². The molecular formula is C73H132O6. The lowest BCUT2D eigenvalue weighted by molar-refractivity contribution is -0.167. The summed E-state index contributed by atoms with van der Waals surface area (Å²) in [6.07, 6.45) is 86.6. The summed E-state index contributed by atoms with van der Waals surface area (Å²) in [5.41, 5.74) is 0. The molecule has 0 aliphatic rings. The van der Waals surface area contributed by atoms with Crippen LogP contribution in [0.2, 0.25) is 0 Å². The fourth-order valence-electron chi connectivity index (χ4n) is 10.2. The number of rotatable bonds is 64. The maximum Gasteiger partial charge on any atom is 0.306 e. The van der Waals surface area contributed by atoms with Gasteiger partial charge in [-0.15, -0.1) is 0 Å². The van der Waals surface area contributed by atoms with E-state index in [1.54, 1.807) is 0 Å². The largest absolute Gasteiger partial charge is 0.462 e. The van der Waals surface area contributed by atoms with E-state index in [-0.39, 0.29) is 31.1 Å². The molecule has 0 saturated carbocycles. The molecule has 0 aromatic rings. The van der Waals surface area contributed by atoms with E-state index in [2.05, 4.69) is 81.5 Å². The van der Waals surface area contributed by atoms with Gasteiger partial charge in [0.2, 0.25) is 0 Å². The van der Waals surface area contributed by atoms with Crippen molar-refractivity contribution in [3.63, 3.8) is 0 Å². The van der Waals surface area contributed by atoms with E-state index in [1.807, 2.05) is 0 Å². The Kier molecular flexibility index (Phi) is 65.1. The molecule has 460 valence electrons. The number of ether oxygens (including phenoxy) is 3. The van der Waals surface area contributed by atoms with Crippen molar-refractivity contribution in [1.29, 1.82) is 0 Å². The smallest absolute Gasteiger partial charge is 0.306 e. The van der Waals surface area contributed by atoms with E-state index >= 15 is 0 Å². The molecule has 0 amide bonds. The summed E-state index contributed by atoms with van der Waals surface area (Å²) in [5.74, 6) is -0.873. The van der Waals surface area contributed by atoms with Crippen molar-refractivity contribution in [3.05, 3.63) is 60.8 Å². The molecule has 6 nitrogen and oxygen atoms in total. The van der Waals surface area contributed by atoms with Crippen LogP contribution < -0.4 is 0 Å². The second-order valence-electron chi connectivity index (χ2n) is 23.4. The summed E-state index contributed by atoms with van der Waals surface area (Å²) in [4.78, 5) is 38.4. The molecule has 0 rings (SSSR count). The van der Waals surface area contributed by atoms with Gasteiger partial charge < -0.3 is 14.2 Å². The molecule has 0 spiro atoms. The first kappa shape index (κ1) is 76.1. The van der Waals surface area contributed by atoms with Crippen molar-refractivity contribution < 1.29 is 28.6 Å². The zero-order chi connectivity index (χ0) is 57.1. The molecule has 0 aromatic heterocycles. The van der Waals surface area contributed by atoms with Crippen LogP contribution in [-0.2, 0) is 28.6 Å². The SMILES string of the molecule is CCCCCCC/C=C\C/C=C\C/C=C\CCCCCCCCCCC(=O)OCC(COC(=O)CCCCCCC/C=C\CCCCCCCC)OC(=O)CCCCCCCCCCCCC/C=C\CCCCCCCCCC. The van der Waals surface area contributed by atoms with E-state index in [0.717, 1.165) is 83.5 Å². The van der Waals surface area contributed by atoms with Crippen LogP contribution in [0.1, 0.15) is 367 Å². The number of allylic oxidation sites excluding steroid dienone is 10. The maximum absolute atomic E-state index is 13.0. The van der Waals surface area contributed by atoms with Crippen LogP contribution in [0.3, 0.4) is 0 Å². The number of esters is 3. The molecular weight excluding hydrogens is 973 g/mol. The van der Waals surface area contributed by atoms with E-state index in [9.17, 15) is 14.4 Å². The predicted octanol–water partition coefficient (Wildman–Crippen LogP) is 23.9. The number of unbranched alkanes of at least 4 members (excludes halogenated alkanes) is 43. The van der Waals surface area contributed by atoms with Crippen LogP contribution in [0, 0.1) is 0 Å². The topological polar surface area (TPSA) is 78.9 Å². The molecule has 0 bridgehead atoms. The fourth-order valence-corrected chi connectivity index (χ4v) is 10.2. The van der Waals surface area contributed by atoms with Gasteiger partial charge in [0.25, 0.3) is 0 Å². The Balaban J connectivity index is 4.34. The Morgan fingerprint density at radius 2 is 0.456 bits per heavy atom. The van der Waals surface area contributed by atoms with Gasteiger partial charge in [0.15, 0.2) is 6.10 Å². The van der Waals surface area contributed by atoms with Gasteiger partial charge in [0.05, 0.1) is 0 Å². The quantitative estimate of drug-likeness (QED) is 0.0261.